The molecule has 0 N–H and O–H groups in total. The molecule has 1 rings (SSSR count). The van der Waals surface area contributed by atoms with E-state index in [2.05, 4.69) is 18.8 Å². The molecule has 1 unspecified atom stereocenters. The van der Waals surface area contributed by atoms with Crippen LogP contribution in [-0.2, 0) is 0 Å². The van der Waals surface area contributed by atoms with Crippen LogP contribution in [0.15, 0.2) is 18.3 Å². The molecule has 0 radical (unpaired) electrons. The predicted molar refractivity (Wildman–Crippen MR) is 49.1 cm³/mol. The monoisotopic (exact) mass is 183 g/mol. The van der Waals surface area contributed by atoms with Crippen LogP contribution in [0, 0.1) is 11.9 Å². The Morgan fingerprint density at radius 2 is 2.31 bits per heavy atom. The fourth-order valence-electron chi connectivity index (χ4n) is 0.804. The van der Waals surface area contributed by atoms with Crippen molar-refractivity contribution < 1.29 is 9.13 Å². The Hall–Kier alpha value is -1.12. The average molecular weight is 183 g/mol. The van der Waals surface area contributed by atoms with Gasteiger partial charge in [-0.05, 0) is 18.1 Å². The van der Waals surface area contributed by atoms with Crippen molar-refractivity contribution in [3.05, 3.63) is 24.3 Å². The first kappa shape index (κ1) is 9.96. The van der Waals surface area contributed by atoms with Crippen LogP contribution in [0.2, 0.25) is 0 Å². The molecule has 0 amide bonds. The maximum Gasteiger partial charge on any atom is 0.213 e. The van der Waals surface area contributed by atoms with E-state index in [0.717, 1.165) is 6.42 Å². The summed E-state index contributed by atoms with van der Waals surface area (Å²) in [6, 6.07) is 2.89. The molecule has 1 aromatic rings. The highest BCUT2D eigenvalue weighted by atomic mass is 19.1. The van der Waals surface area contributed by atoms with Crippen molar-refractivity contribution in [1.82, 2.24) is 4.98 Å². The van der Waals surface area contributed by atoms with Gasteiger partial charge in [0.1, 0.15) is 5.75 Å². The highest BCUT2D eigenvalue weighted by Gasteiger charge is 2.00. The van der Waals surface area contributed by atoms with E-state index in [1.807, 2.05) is 0 Å². The van der Waals surface area contributed by atoms with E-state index in [1.54, 1.807) is 6.07 Å². The topological polar surface area (TPSA) is 22.1 Å². The number of aromatic nitrogens is 1. The van der Waals surface area contributed by atoms with Crippen LogP contribution >= 0.6 is 0 Å². The Morgan fingerprint density at radius 1 is 1.54 bits per heavy atom. The van der Waals surface area contributed by atoms with Crippen LogP contribution in [0.4, 0.5) is 4.39 Å². The molecule has 0 aliphatic rings. The summed E-state index contributed by atoms with van der Waals surface area (Å²) in [6.45, 7) is 4.87. The van der Waals surface area contributed by atoms with Gasteiger partial charge in [-0.15, -0.1) is 0 Å². The molecule has 0 fully saturated rings. The van der Waals surface area contributed by atoms with Gasteiger partial charge < -0.3 is 4.74 Å². The van der Waals surface area contributed by atoms with E-state index < -0.39 is 5.95 Å². The fourth-order valence-corrected chi connectivity index (χ4v) is 0.804. The van der Waals surface area contributed by atoms with E-state index in [-0.39, 0.29) is 0 Å². The fraction of sp³-hybridized carbons (Fsp3) is 0.500. The van der Waals surface area contributed by atoms with Crippen molar-refractivity contribution in [3.63, 3.8) is 0 Å². The first-order chi connectivity index (χ1) is 6.22. The van der Waals surface area contributed by atoms with Gasteiger partial charge in [0.2, 0.25) is 5.95 Å². The first-order valence-corrected chi connectivity index (χ1v) is 4.46. The van der Waals surface area contributed by atoms with Crippen molar-refractivity contribution >= 4 is 0 Å². The molecule has 0 aliphatic carbocycles. The quantitative estimate of drug-likeness (QED) is 0.669. The number of ether oxygens (including phenoxy) is 1. The van der Waals surface area contributed by atoms with Gasteiger partial charge >= 0.3 is 0 Å². The second kappa shape index (κ2) is 4.80. The minimum atomic E-state index is -0.476. The van der Waals surface area contributed by atoms with Gasteiger partial charge in [-0.1, -0.05) is 20.3 Å². The van der Waals surface area contributed by atoms with Crippen molar-refractivity contribution in [1.29, 1.82) is 0 Å². The predicted octanol–water partition coefficient (Wildman–Crippen LogP) is 2.65. The maximum absolute atomic E-state index is 12.4. The lowest BCUT2D eigenvalue weighted by Crippen LogP contribution is -2.07. The van der Waals surface area contributed by atoms with Gasteiger partial charge in [-0.3, -0.25) is 0 Å². The van der Waals surface area contributed by atoms with Crippen molar-refractivity contribution in [2.45, 2.75) is 20.3 Å². The van der Waals surface area contributed by atoms with Gasteiger partial charge in [0, 0.05) is 0 Å². The van der Waals surface area contributed by atoms with E-state index in [9.17, 15) is 4.39 Å². The van der Waals surface area contributed by atoms with Crippen LogP contribution in [0.1, 0.15) is 20.3 Å². The van der Waals surface area contributed by atoms with Crippen molar-refractivity contribution in [2.24, 2.45) is 5.92 Å². The molecule has 1 aromatic heterocycles. The normalized spacial score (nSPS) is 12.5. The van der Waals surface area contributed by atoms with Crippen LogP contribution in [0.25, 0.3) is 0 Å². The van der Waals surface area contributed by atoms with Crippen molar-refractivity contribution in [2.75, 3.05) is 6.61 Å². The SMILES string of the molecule is CCC(C)COc1ccc(F)nc1. The third kappa shape index (κ3) is 3.40. The minimum absolute atomic E-state index is 0.476. The lowest BCUT2D eigenvalue weighted by Gasteiger charge is -2.09. The van der Waals surface area contributed by atoms with E-state index >= 15 is 0 Å². The molecule has 0 bridgehead atoms. The molecule has 0 saturated carbocycles. The van der Waals surface area contributed by atoms with Crippen LogP contribution in [-0.4, -0.2) is 11.6 Å². The summed E-state index contributed by atoms with van der Waals surface area (Å²) in [4.78, 5) is 3.49. The Kier molecular flexibility index (Phi) is 3.68. The number of hydrogen-bond donors (Lipinski definition) is 0. The Morgan fingerprint density at radius 3 is 2.85 bits per heavy atom. The molecular formula is C10H14FNO. The van der Waals surface area contributed by atoms with Gasteiger partial charge in [0.05, 0.1) is 12.8 Å². The second-order valence-corrected chi connectivity index (χ2v) is 3.14. The average Bonchev–Trinajstić information content (AvgIpc) is 2.16. The maximum atomic E-state index is 12.4. The van der Waals surface area contributed by atoms with Crippen LogP contribution in [0.3, 0.4) is 0 Å². The number of halogens is 1. The standard InChI is InChI=1S/C10H14FNO/c1-3-8(2)7-13-9-4-5-10(11)12-6-9/h4-6,8H,3,7H2,1-2H3. The Balaban J connectivity index is 2.41. The second-order valence-electron chi connectivity index (χ2n) is 3.14. The largest absolute Gasteiger partial charge is 0.492 e. The molecule has 72 valence electrons. The zero-order valence-electron chi connectivity index (χ0n) is 7.96. The Bertz CT molecular complexity index is 248. The third-order valence-corrected chi connectivity index (χ3v) is 1.93. The number of pyridine rings is 1. The summed E-state index contributed by atoms with van der Waals surface area (Å²) in [7, 11) is 0. The summed E-state index contributed by atoms with van der Waals surface area (Å²) < 4.78 is 17.8. The van der Waals surface area contributed by atoms with Crippen LogP contribution < -0.4 is 4.74 Å². The first-order valence-electron chi connectivity index (χ1n) is 4.46. The zero-order valence-corrected chi connectivity index (χ0v) is 7.96. The molecule has 0 spiro atoms. The molecule has 0 saturated heterocycles. The van der Waals surface area contributed by atoms with Crippen LogP contribution in [0.5, 0.6) is 5.75 Å². The smallest absolute Gasteiger partial charge is 0.213 e. The highest BCUT2D eigenvalue weighted by Crippen LogP contribution is 2.10. The van der Waals surface area contributed by atoms with Gasteiger partial charge in [0.25, 0.3) is 0 Å². The van der Waals surface area contributed by atoms with Gasteiger partial charge in [-0.2, -0.15) is 4.39 Å². The van der Waals surface area contributed by atoms with E-state index in [1.165, 1.54) is 12.3 Å². The minimum Gasteiger partial charge on any atom is -0.492 e. The summed E-state index contributed by atoms with van der Waals surface area (Å²) >= 11 is 0. The number of hydrogen-bond acceptors (Lipinski definition) is 2. The molecule has 0 aliphatic heterocycles. The van der Waals surface area contributed by atoms with Gasteiger partial charge in [0.15, 0.2) is 0 Å². The summed E-state index contributed by atoms with van der Waals surface area (Å²) in [5.41, 5.74) is 0. The molecule has 1 heterocycles. The van der Waals surface area contributed by atoms with Crippen molar-refractivity contribution in [3.8, 4) is 5.75 Å². The number of nitrogens with zero attached hydrogens (tertiary/aromatic N) is 1. The van der Waals surface area contributed by atoms with E-state index in [0.29, 0.717) is 18.3 Å². The molecule has 13 heavy (non-hydrogen) atoms. The molecular weight excluding hydrogens is 169 g/mol. The number of rotatable bonds is 4. The summed E-state index contributed by atoms with van der Waals surface area (Å²) in [6.07, 6.45) is 2.48. The lowest BCUT2D eigenvalue weighted by atomic mass is 10.1. The molecule has 3 heteroatoms. The highest BCUT2D eigenvalue weighted by molar-refractivity contribution is 5.15. The summed E-state index contributed by atoms with van der Waals surface area (Å²) in [5.74, 6) is 0.669. The van der Waals surface area contributed by atoms with Gasteiger partial charge in [-0.25, -0.2) is 4.98 Å². The zero-order chi connectivity index (χ0) is 9.68. The third-order valence-electron chi connectivity index (χ3n) is 1.93. The molecule has 0 aromatic carbocycles. The lowest BCUT2D eigenvalue weighted by molar-refractivity contribution is 0.255. The Labute approximate surface area is 77.8 Å². The summed E-state index contributed by atoms with van der Waals surface area (Å²) in [5, 5.41) is 0. The molecule has 1 atom stereocenters. The van der Waals surface area contributed by atoms with E-state index in [4.69, 9.17) is 4.74 Å². The molecule has 2 nitrogen and oxygen atoms in total.